The van der Waals surface area contributed by atoms with Gasteiger partial charge < -0.3 is 15.0 Å². The summed E-state index contributed by atoms with van der Waals surface area (Å²) in [6, 6.07) is 7.70. The zero-order chi connectivity index (χ0) is 26.3. The van der Waals surface area contributed by atoms with Crippen molar-refractivity contribution in [3.63, 3.8) is 0 Å². The van der Waals surface area contributed by atoms with Gasteiger partial charge in [0.05, 0.1) is 7.11 Å². The minimum atomic E-state index is -0.209. The van der Waals surface area contributed by atoms with E-state index in [1.807, 2.05) is 44.3 Å². The van der Waals surface area contributed by atoms with E-state index >= 15 is 0 Å². The lowest BCUT2D eigenvalue weighted by Crippen LogP contribution is -2.62. The van der Waals surface area contributed by atoms with Gasteiger partial charge in [-0.25, -0.2) is 14.8 Å². The maximum Gasteiger partial charge on any atom is 0.321 e. The predicted octanol–water partition coefficient (Wildman–Crippen LogP) is 4.86. The first-order valence-electron chi connectivity index (χ1n) is 13.7. The van der Waals surface area contributed by atoms with Gasteiger partial charge in [0.1, 0.15) is 5.75 Å². The molecule has 1 aromatic carbocycles. The van der Waals surface area contributed by atoms with Crippen LogP contribution in [0.15, 0.2) is 35.5 Å². The third kappa shape index (κ3) is 5.19. The number of rotatable bonds is 6. The van der Waals surface area contributed by atoms with Crippen molar-refractivity contribution in [2.45, 2.75) is 64.3 Å². The number of anilines is 1. The highest BCUT2D eigenvalue weighted by Crippen LogP contribution is 2.55. The number of fused-ring (bicyclic) bond motifs is 1. The van der Waals surface area contributed by atoms with Crippen LogP contribution in [0.4, 0.5) is 10.7 Å². The molecule has 0 spiro atoms. The Kier molecular flexibility index (Phi) is 6.45. The van der Waals surface area contributed by atoms with E-state index in [-0.39, 0.29) is 11.6 Å². The molecule has 4 bridgehead atoms. The average Bonchev–Trinajstić information content (AvgIpc) is 3.24. The van der Waals surface area contributed by atoms with Gasteiger partial charge in [-0.3, -0.25) is 15.6 Å². The Morgan fingerprint density at radius 3 is 2.42 bits per heavy atom. The molecule has 200 valence electrons. The number of aromatic nitrogens is 3. The number of carbonyl (C=O) groups excluding carboxylic acids is 1. The van der Waals surface area contributed by atoms with Crippen LogP contribution in [0, 0.1) is 31.6 Å². The zero-order valence-corrected chi connectivity index (χ0v) is 22.4. The minimum absolute atomic E-state index is 0.0799. The number of hydrogen-bond acceptors (Lipinski definition) is 5. The van der Waals surface area contributed by atoms with E-state index in [9.17, 15) is 4.79 Å². The summed E-state index contributed by atoms with van der Waals surface area (Å²) in [6.07, 6.45) is 9.99. The first-order valence-corrected chi connectivity index (χ1v) is 13.7. The first-order chi connectivity index (χ1) is 18.4. The number of nitrogens with zero attached hydrogens (tertiary/aromatic N) is 3. The number of hydrogen-bond donors (Lipinski definition) is 4. The topological polar surface area (TPSA) is 116 Å². The molecule has 2 heterocycles. The molecular weight excluding hydrogens is 478 g/mol. The standard InChI is InChI=1S/C29H37N7O2/c1-17-8-18(2)33-27(32-17)34-26(30-7-6-22-16-31-25-5-4-23(38-3)12-24(22)25)35-28(37)36-29-13-19-9-20(14-29)11-21(10-19)15-29/h4-5,8,12,16,19-21,31H,6-7,9-11,13-15H2,1-3H3,(H3,30,32,33,34,35,36,37). The number of nitrogens with one attached hydrogen (secondary N) is 4. The Bertz CT molecular complexity index is 1320. The van der Waals surface area contributed by atoms with E-state index in [4.69, 9.17) is 9.73 Å². The van der Waals surface area contributed by atoms with Crippen LogP contribution in [0.2, 0.25) is 0 Å². The predicted molar refractivity (Wildman–Crippen MR) is 149 cm³/mol. The fourth-order valence-electron chi connectivity index (χ4n) is 7.42. The second-order valence-corrected chi connectivity index (χ2v) is 11.6. The van der Waals surface area contributed by atoms with Crippen LogP contribution in [0.3, 0.4) is 0 Å². The van der Waals surface area contributed by atoms with Crippen LogP contribution in [0.1, 0.15) is 55.5 Å². The number of aromatic amines is 1. The Labute approximate surface area is 223 Å². The van der Waals surface area contributed by atoms with Crippen molar-refractivity contribution in [2.24, 2.45) is 22.7 Å². The molecule has 0 atom stereocenters. The van der Waals surface area contributed by atoms with E-state index in [1.165, 1.54) is 19.3 Å². The number of urea groups is 1. The number of aryl methyl sites for hydroxylation is 2. The molecule has 2 amide bonds. The Morgan fingerprint density at radius 2 is 1.76 bits per heavy atom. The number of H-pyrrole nitrogens is 1. The minimum Gasteiger partial charge on any atom is -0.497 e. The quantitative estimate of drug-likeness (QED) is 0.276. The van der Waals surface area contributed by atoms with Gasteiger partial charge in [0.2, 0.25) is 11.9 Å². The van der Waals surface area contributed by atoms with E-state index < -0.39 is 0 Å². The summed E-state index contributed by atoms with van der Waals surface area (Å²) in [6.45, 7) is 4.33. The molecule has 4 N–H and O–H groups in total. The summed E-state index contributed by atoms with van der Waals surface area (Å²) in [5.41, 5.74) is 3.82. The van der Waals surface area contributed by atoms with Gasteiger partial charge in [-0.15, -0.1) is 0 Å². The monoisotopic (exact) mass is 515 g/mol. The molecular formula is C29H37N7O2. The van der Waals surface area contributed by atoms with Crippen molar-refractivity contribution in [1.29, 1.82) is 0 Å². The first kappa shape index (κ1) is 24.7. The third-order valence-electron chi connectivity index (χ3n) is 8.49. The molecule has 9 nitrogen and oxygen atoms in total. The van der Waals surface area contributed by atoms with E-state index in [0.717, 1.165) is 70.6 Å². The van der Waals surface area contributed by atoms with Gasteiger partial charge in [-0.2, -0.15) is 0 Å². The van der Waals surface area contributed by atoms with E-state index in [2.05, 4.69) is 30.9 Å². The lowest BCUT2D eigenvalue weighted by molar-refractivity contribution is -0.0132. The van der Waals surface area contributed by atoms with Gasteiger partial charge in [-0.1, -0.05) is 0 Å². The molecule has 0 saturated heterocycles. The average molecular weight is 516 g/mol. The highest BCUT2D eigenvalue weighted by Gasteiger charge is 2.51. The Morgan fingerprint density at radius 1 is 1.08 bits per heavy atom. The van der Waals surface area contributed by atoms with Gasteiger partial charge in [0.15, 0.2) is 0 Å². The van der Waals surface area contributed by atoms with Crippen LogP contribution in [-0.2, 0) is 6.42 Å². The van der Waals surface area contributed by atoms with Gasteiger partial charge in [0, 0.05) is 40.6 Å². The largest absolute Gasteiger partial charge is 0.497 e. The third-order valence-corrected chi connectivity index (χ3v) is 8.49. The number of guanidine groups is 1. The maximum absolute atomic E-state index is 13.3. The lowest BCUT2D eigenvalue weighted by atomic mass is 9.53. The lowest BCUT2D eigenvalue weighted by Gasteiger charge is -2.56. The molecule has 0 unspecified atom stereocenters. The summed E-state index contributed by atoms with van der Waals surface area (Å²) in [4.78, 5) is 30.3. The molecule has 4 aliphatic rings. The fraction of sp³-hybridized carbons (Fsp3) is 0.517. The van der Waals surface area contributed by atoms with Crippen LogP contribution in [-0.4, -0.2) is 46.1 Å². The van der Waals surface area contributed by atoms with Crippen LogP contribution < -0.4 is 20.7 Å². The summed E-state index contributed by atoms with van der Waals surface area (Å²) in [5, 5.41) is 10.6. The van der Waals surface area contributed by atoms with Crippen molar-refractivity contribution in [3.05, 3.63) is 47.4 Å². The normalized spacial score (nSPS) is 26.0. The molecule has 7 rings (SSSR count). The highest BCUT2D eigenvalue weighted by molar-refractivity contribution is 6.03. The zero-order valence-electron chi connectivity index (χ0n) is 22.4. The van der Waals surface area contributed by atoms with Gasteiger partial charge in [-0.05, 0) is 106 Å². The molecule has 38 heavy (non-hydrogen) atoms. The molecule has 0 aliphatic heterocycles. The van der Waals surface area contributed by atoms with Gasteiger partial charge in [0.25, 0.3) is 0 Å². The van der Waals surface area contributed by atoms with Crippen molar-refractivity contribution in [3.8, 4) is 5.75 Å². The fourth-order valence-corrected chi connectivity index (χ4v) is 7.42. The molecule has 3 aromatic rings. The highest BCUT2D eigenvalue weighted by atomic mass is 16.5. The molecule has 4 aliphatic carbocycles. The number of benzene rings is 1. The number of methoxy groups -OCH3 is 1. The SMILES string of the molecule is COc1ccc2[nH]cc(CCN=C(NC(=O)NC34CC5CC(CC(C5)C3)C4)Nc3nc(C)cc(C)n3)c2c1. The smallest absolute Gasteiger partial charge is 0.321 e. The maximum atomic E-state index is 13.3. The van der Waals surface area contributed by atoms with Crippen LogP contribution in [0.25, 0.3) is 10.9 Å². The second kappa shape index (κ2) is 9.93. The van der Waals surface area contributed by atoms with Crippen molar-refractivity contribution in [2.75, 3.05) is 19.0 Å². The Balaban J connectivity index is 1.18. The van der Waals surface area contributed by atoms with Crippen molar-refractivity contribution < 1.29 is 9.53 Å². The summed E-state index contributed by atoms with van der Waals surface area (Å²) < 4.78 is 5.40. The van der Waals surface area contributed by atoms with Crippen molar-refractivity contribution >= 4 is 28.8 Å². The molecule has 4 fully saturated rings. The van der Waals surface area contributed by atoms with E-state index in [1.54, 1.807) is 7.11 Å². The molecule has 9 heteroatoms. The van der Waals surface area contributed by atoms with Crippen molar-refractivity contribution in [1.82, 2.24) is 25.6 Å². The summed E-state index contributed by atoms with van der Waals surface area (Å²) >= 11 is 0. The molecule has 0 radical (unpaired) electrons. The second-order valence-electron chi connectivity index (χ2n) is 11.6. The number of ether oxygens (including phenoxy) is 1. The van der Waals surface area contributed by atoms with Gasteiger partial charge >= 0.3 is 6.03 Å². The summed E-state index contributed by atoms with van der Waals surface area (Å²) in [5.74, 6) is 3.87. The molecule has 2 aromatic heterocycles. The number of carbonyl (C=O) groups is 1. The van der Waals surface area contributed by atoms with E-state index in [0.29, 0.717) is 24.9 Å². The number of amides is 2. The van der Waals surface area contributed by atoms with Crippen LogP contribution >= 0.6 is 0 Å². The van der Waals surface area contributed by atoms with Crippen LogP contribution in [0.5, 0.6) is 5.75 Å². The summed E-state index contributed by atoms with van der Waals surface area (Å²) in [7, 11) is 1.67. The molecule has 4 saturated carbocycles. The Hall–Kier alpha value is -3.62. The number of aliphatic imine (C=N–C) groups is 1.